The summed E-state index contributed by atoms with van der Waals surface area (Å²) >= 11 is 0. The number of ether oxygens (including phenoxy) is 1. The van der Waals surface area contributed by atoms with Crippen LogP contribution in [0.5, 0.6) is 0 Å². The summed E-state index contributed by atoms with van der Waals surface area (Å²) in [4.78, 5) is 11.1. The van der Waals surface area contributed by atoms with Crippen molar-refractivity contribution in [1.82, 2.24) is 0 Å². The second-order valence-electron chi connectivity index (χ2n) is 3.54. The lowest BCUT2D eigenvalue weighted by Crippen LogP contribution is -2.10. The highest BCUT2D eigenvalue weighted by molar-refractivity contribution is 5.89. The molecule has 0 aromatic heterocycles. The number of benzene rings is 1. The lowest BCUT2D eigenvalue weighted by Gasteiger charge is -2.14. The molecule has 3 heteroatoms. The Morgan fingerprint density at radius 2 is 2.07 bits per heavy atom. The van der Waals surface area contributed by atoms with Gasteiger partial charge in [0.1, 0.15) is 5.67 Å². The van der Waals surface area contributed by atoms with Gasteiger partial charge in [0, 0.05) is 0 Å². The molecule has 0 atom stereocenters. The number of methoxy groups -OCH3 is 1. The standard InChI is InChI=1S/C11H13FO2/c1-11(2,12)9-6-4-5-8(7-9)10(13)14-3/h4-7H,1-3H3. The third-order valence-corrected chi connectivity index (χ3v) is 1.97. The van der Waals surface area contributed by atoms with Crippen molar-refractivity contribution >= 4 is 5.97 Å². The molecule has 1 aromatic rings. The average Bonchev–Trinajstić information content (AvgIpc) is 2.15. The van der Waals surface area contributed by atoms with Gasteiger partial charge in [0.15, 0.2) is 0 Å². The second kappa shape index (κ2) is 3.78. The smallest absolute Gasteiger partial charge is 0.337 e. The fraction of sp³-hybridized carbons (Fsp3) is 0.364. The number of esters is 1. The van der Waals surface area contributed by atoms with Gasteiger partial charge in [-0.1, -0.05) is 12.1 Å². The monoisotopic (exact) mass is 196 g/mol. The Hall–Kier alpha value is -1.38. The lowest BCUT2D eigenvalue weighted by atomic mass is 9.98. The molecule has 0 aliphatic rings. The molecule has 2 nitrogen and oxygen atoms in total. The van der Waals surface area contributed by atoms with E-state index in [1.165, 1.54) is 27.0 Å². The van der Waals surface area contributed by atoms with E-state index in [1.807, 2.05) is 0 Å². The summed E-state index contributed by atoms with van der Waals surface area (Å²) in [5, 5.41) is 0. The first kappa shape index (κ1) is 10.7. The lowest BCUT2D eigenvalue weighted by molar-refractivity contribution is 0.0600. The maximum absolute atomic E-state index is 13.5. The van der Waals surface area contributed by atoms with Crippen molar-refractivity contribution in [3.05, 3.63) is 35.4 Å². The quantitative estimate of drug-likeness (QED) is 0.680. The molecular formula is C11H13FO2. The molecule has 0 heterocycles. The third kappa shape index (κ3) is 2.31. The fourth-order valence-corrected chi connectivity index (χ4v) is 1.13. The van der Waals surface area contributed by atoms with Crippen molar-refractivity contribution in [2.24, 2.45) is 0 Å². The van der Waals surface area contributed by atoms with Crippen LogP contribution in [0.25, 0.3) is 0 Å². The fourth-order valence-electron chi connectivity index (χ4n) is 1.13. The first-order chi connectivity index (χ1) is 6.45. The first-order valence-corrected chi connectivity index (χ1v) is 4.33. The van der Waals surface area contributed by atoms with E-state index in [1.54, 1.807) is 18.2 Å². The third-order valence-electron chi connectivity index (χ3n) is 1.97. The van der Waals surface area contributed by atoms with E-state index in [0.29, 0.717) is 11.1 Å². The van der Waals surface area contributed by atoms with Crippen LogP contribution in [0.1, 0.15) is 29.8 Å². The summed E-state index contributed by atoms with van der Waals surface area (Å²) in [6, 6.07) is 6.39. The van der Waals surface area contributed by atoms with Crippen LogP contribution < -0.4 is 0 Å². The Morgan fingerprint density at radius 3 is 2.57 bits per heavy atom. The summed E-state index contributed by atoms with van der Waals surface area (Å²) in [6.45, 7) is 2.90. The molecule has 0 bridgehead atoms. The molecule has 1 rings (SSSR count). The van der Waals surface area contributed by atoms with E-state index in [4.69, 9.17) is 0 Å². The topological polar surface area (TPSA) is 26.3 Å². The van der Waals surface area contributed by atoms with Crippen LogP contribution in [0, 0.1) is 0 Å². The minimum atomic E-state index is -1.44. The highest BCUT2D eigenvalue weighted by Gasteiger charge is 2.19. The summed E-state index contributed by atoms with van der Waals surface area (Å²) < 4.78 is 18.1. The van der Waals surface area contributed by atoms with E-state index in [0.717, 1.165) is 0 Å². The van der Waals surface area contributed by atoms with Gasteiger partial charge in [-0.2, -0.15) is 0 Å². The van der Waals surface area contributed by atoms with Gasteiger partial charge in [0.25, 0.3) is 0 Å². The van der Waals surface area contributed by atoms with Gasteiger partial charge in [0.05, 0.1) is 12.7 Å². The summed E-state index contributed by atoms with van der Waals surface area (Å²) in [5.74, 6) is -0.448. The number of hydrogen-bond acceptors (Lipinski definition) is 2. The van der Waals surface area contributed by atoms with Gasteiger partial charge in [-0.15, -0.1) is 0 Å². The first-order valence-electron chi connectivity index (χ1n) is 4.33. The number of alkyl halides is 1. The maximum Gasteiger partial charge on any atom is 0.337 e. The van der Waals surface area contributed by atoms with E-state index in [-0.39, 0.29) is 0 Å². The van der Waals surface area contributed by atoms with Crippen molar-refractivity contribution in [2.45, 2.75) is 19.5 Å². The van der Waals surface area contributed by atoms with Crippen LogP contribution in [0.2, 0.25) is 0 Å². The molecule has 0 unspecified atom stereocenters. The Balaban J connectivity index is 3.08. The molecule has 0 spiro atoms. The molecule has 1 aromatic carbocycles. The van der Waals surface area contributed by atoms with Gasteiger partial charge >= 0.3 is 5.97 Å². The van der Waals surface area contributed by atoms with Crippen molar-refractivity contribution in [2.75, 3.05) is 7.11 Å². The van der Waals surface area contributed by atoms with E-state index in [9.17, 15) is 9.18 Å². The SMILES string of the molecule is COC(=O)c1cccc(C(C)(C)F)c1. The van der Waals surface area contributed by atoms with Gasteiger partial charge in [0.2, 0.25) is 0 Å². The number of carbonyl (C=O) groups excluding carboxylic acids is 1. The van der Waals surface area contributed by atoms with Gasteiger partial charge < -0.3 is 4.74 Å². The molecule has 0 aliphatic heterocycles. The van der Waals surface area contributed by atoms with Crippen LogP contribution in [-0.4, -0.2) is 13.1 Å². The number of carbonyl (C=O) groups is 1. The minimum absolute atomic E-state index is 0.371. The Bertz CT molecular complexity index is 339. The molecule has 14 heavy (non-hydrogen) atoms. The molecule has 76 valence electrons. The molecule has 0 amide bonds. The Morgan fingerprint density at radius 1 is 1.43 bits per heavy atom. The van der Waals surface area contributed by atoms with Crippen molar-refractivity contribution < 1.29 is 13.9 Å². The van der Waals surface area contributed by atoms with Gasteiger partial charge in [-0.25, -0.2) is 9.18 Å². The molecule has 0 saturated heterocycles. The Kier molecular flexibility index (Phi) is 2.89. The van der Waals surface area contributed by atoms with E-state index >= 15 is 0 Å². The van der Waals surface area contributed by atoms with E-state index < -0.39 is 11.6 Å². The zero-order valence-corrected chi connectivity index (χ0v) is 8.50. The normalized spacial score (nSPS) is 11.1. The molecule has 0 fully saturated rings. The van der Waals surface area contributed by atoms with Crippen LogP contribution >= 0.6 is 0 Å². The van der Waals surface area contributed by atoms with Crippen molar-refractivity contribution in [3.63, 3.8) is 0 Å². The molecule has 0 N–H and O–H groups in total. The van der Waals surface area contributed by atoms with Crippen molar-refractivity contribution in [3.8, 4) is 0 Å². The van der Waals surface area contributed by atoms with Gasteiger partial charge in [-0.05, 0) is 31.5 Å². The zero-order valence-electron chi connectivity index (χ0n) is 8.50. The Labute approximate surface area is 82.7 Å². The van der Waals surface area contributed by atoms with Crippen LogP contribution in [0.15, 0.2) is 24.3 Å². The largest absolute Gasteiger partial charge is 0.465 e. The van der Waals surface area contributed by atoms with Crippen LogP contribution in [0.4, 0.5) is 4.39 Å². The summed E-state index contributed by atoms with van der Waals surface area (Å²) in [5.41, 5.74) is -0.597. The van der Waals surface area contributed by atoms with Crippen LogP contribution in [-0.2, 0) is 10.4 Å². The highest BCUT2D eigenvalue weighted by Crippen LogP contribution is 2.25. The number of halogens is 1. The second-order valence-corrected chi connectivity index (χ2v) is 3.54. The molecule has 0 aliphatic carbocycles. The van der Waals surface area contributed by atoms with E-state index in [2.05, 4.69) is 4.74 Å². The molecule has 0 radical (unpaired) electrons. The van der Waals surface area contributed by atoms with Crippen LogP contribution in [0.3, 0.4) is 0 Å². The molecule has 0 saturated carbocycles. The average molecular weight is 196 g/mol. The zero-order chi connectivity index (χ0) is 10.8. The molecular weight excluding hydrogens is 183 g/mol. The predicted octanol–water partition coefficient (Wildman–Crippen LogP) is 2.68. The summed E-state index contributed by atoms with van der Waals surface area (Å²) in [6.07, 6.45) is 0. The highest BCUT2D eigenvalue weighted by atomic mass is 19.1. The predicted molar refractivity (Wildman–Crippen MR) is 51.9 cm³/mol. The number of hydrogen-bond donors (Lipinski definition) is 0. The van der Waals surface area contributed by atoms with Gasteiger partial charge in [-0.3, -0.25) is 0 Å². The minimum Gasteiger partial charge on any atom is -0.465 e. The van der Waals surface area contributed by atoms with Crippen molar-refractivity contribution in [1.29, 1.82) is 0 Å². The maximum atomic E-state index is 13.5. The summed E-state index contributed by atoms with van der Waals surface area (Å²) in [7, 11) is 1.30. The number of rotatable bonds is 2.